The number of nitrogens with one attached hydrogen (secondary N) is 1. The van der Waals surface area contributed by atoms with Crippen LogP contribution in [-0.2, 0) is 11.3 Å². The molecule has 0 atom stereocenters. The normalized spacial score (nSPS) is 16.0. The van der Waals surface area contributed by atoms with Gasteiger partial charge < -0.3 is 9.32 Å². The molecule has 0 aromatic carbocycles. The quantitative estimate of drug-likeness (QED) is 0.878. The topological polar surface area (TPSA) is 58.4 Å². The Bertz CT molecular complexity index is 389. The molecule has 1 aromatic rings. The Morgan fingerprint density at radius 2 is 2.06 bits per heavy atom. The summed E-state index contributed by atoms with van der Waals surface area (Å²) in [6.45, 7) is 6.48. The summed E-state index contributed by atoms with van der Waals surface area (Å²) in [5.41, 5.74) is 0.911. The number of oxazole rings is 1. The molecule has 0 unspecified atom stereocenters. The number of likely N-dealkylation sites (tertiary alicyclic amines) is 1. The standard InChI is InChI=1S/C13H21N3O2/c1-10-11(2)18-12(15-10)8-14-9-13(17)16-6-4-3-5-7-16/h14H,3-9H2,1-2H3. The van der Waals surface area contributed by atoms with Gasteiger partial charge in [0.15, 0.2) is 0 Å². The van der Waals surface area contributed by atoms with Crippen molar-refractivity contribution in [1.82, 2.24) is 15.2 Å². The van der Waals surface area contributed by atoms with Gasteiger partial charge in [0.25, 0.3) is 0 Å². The molecule has 2 heterocycles. The van der Waals surface area contributed by atoms with Crippen LogP contribution in [0.2, 0.25) is 0 Å². The fourth-order valence-electron chi connectivity index (χ4n) is 2.15. The number of carbonyl (C=O) groups is 1. The fourth-order valence-corrected chi connectivity index (χ4v) is 2.15. The van der Waals surface area contributed by atoms with E-state index in [1.54, 1.807) is 0 Å². The average Bonchev–Trinajstić information content (AvgIpc) is 2.69. The number of piperidine rings is 1. The lowest BCUT2D eigenvalue weighted by Gasteiger charge is -2.26. The van der Waals surface area contributed by atoms with E-state index in [4.69, 9.17) is 4.42 Å². The SMILES string of the molecule is Cc1nc(CNCC(=O)N2CCCCC2)oc1C. The van der Waals surface area contributed by atoms with Gasteiger partial charge in [-0.3, -0.25) is 10.1 Å². The van der Waals surface area contributed by atoms with Gasteiger partial charge in [-0.2, -0.15) is 0 Å². The maximum Gasteiger partial charge on any atom is 0.236 e. The lowest BCUT2D eigenvalue weighted by molar-refractivity contribution is -0.131. The molecule has 1 N–H and O–H groups in total. The molecule has 1 aliphatic heterocycles. The highest BCUT2D eigenvalue weighted by molar-refractivity contribution is 5.78. The zero-order chi connectivity index (χ0) is 13.0. The van der Waals surface area contributed by atoms with Crippen LogP contribution in [0, 0.1) is 13.8 Å². The number of carbonyl (C=O) groups excluding carboxylic acids is 1. The molecule has 1 saturated heterocycles. The number of rotatable bonds is 4. The van der Waals surface area contributed by atoms with E-state index in [0.717, 1.165) is 37.4 Å². The zero-order valence-corrected chi connectivity index (χ0v) is 11.2. The smallest absolute Gasteiger partial charge is 0.236 e. The summed E-state index contributed by atoms with van der Waals surface area (Å²) < 4.78 is 5.44. The molecule has 5 heteroatoms. The largest absolute Gasteiger partial charge is 0.444 e. The fraction of sp³-hybridized carbons (Fsp3) is 0.692. The molecule has 0 aliphatic carbocycles. The molecule has 1 amide bonds. The summed E-state index contributed by atoms with van der Waals surface area (Å²) in [6, 6.07) is 0. The Kier molecular flexibility index (Phi) is 4.36. The predicted octanol–water partition coefficient (Wildman–Crippen LogP) is 1.39. The minimum absolute atomic E-state index is 0.176. The van der Waals surface area contributed by atoms with Gasteiger partial charge in [0.05, 0.1) is 18.8 Å². The van der Waals surface area contributed by atoms with Gasteiger partial charge in [-0.25, -0.2) is 4.98 Å². The van der Waals surface area contributed by atoms with Gasteiger partial charge in [0.2, 0.25) is 11.8 Å². The summed E-state index contributed by atoms with van der Waals surface area (Å²) in [5, 5.41) is 3.09. The molecule has 1 fully saturated rings. The Balaban J connectivity index is 1.72. The van der Waals surface area contributed by atoms with Gasteiger partial charge in [-0.15, -0.1) is 0 Å². The van der Waals surface area contributed by atoms with Crippen LogP contribution in [-0.4, -0.2) is 35.4 Å². The van der Waals surface area contributed by atoms with E-state index < -0.39 is 0 Å². The van der Waals surface area contributed by atoms with E-state index in [1.807, 2.05) is 18.7 Å². The van der Waals surface area contributed by atoms with Crippen molar-refractivity contribution in [3.05, 3.63) is 17.3 Å². The van der Waals surface area contributed by atoms with Crippen LogP contribution < -0.4 is 5.32 Å². The maximum atomic E-state index is 11.9. The maximum absolute atomic E-state index is 11.9. The molecule has 1 aliphatic rings. The van der Waals surface area contributed by atoms with Crippen LogP contribution in [0.15, 0.2) is 4.42 Å². The first-order valence-corrected chi connectivity index (χ1v) is 6.58. The highest BCUT2D eigenvalue weighted by Crippen LogP contribution is 2.09. The first-order valence-electron chi connectivity index (χ1n) is 6.58. The molecule has 0 spiro atoms. The molecular weight excluding hydrogens is 230 g/mol. The number of hydrogen-bond donors (Lipinski definition) is 1. The first kappa shape index (κ1) is 13.1. The van der Waals surface area contributed by atoms with Gasteiger partial charge in [-0.1, -0.05) is 0 Å². The van der Waals surface area contributed by atoms with Gasteiger partial charge in [0, 0.05) is 13.1 Å². The molecule has 1 aromatic heterocycles. The molecule has 0 saturated carbocycles. The van der Waals surface area contributed by atoms with E-state index in [2.05, 4.69) is 10.3 Å². The van der Waals surface area contributed by atoms with Gasteiger partial charge in [0.1, 0.15) is 5.76 Å². The van der Waals surface area contributed by atoms with Crippen molar-refractivity contribution in [2.24, 2.45) is 0 Å². The lowest BCUT2D eigenvalue weighted by atomic mass is 10.1. The second kappa shape index (κ2) is 6.00. The van der Waals surface area contributed by atoms with Gasteiger partial charge >= 0.3 is 0 Å². The van der Waals surface area contributed by atoms with Crippen LogP contribution in [0.25, 0.3) is 0 Å². The molecule has 100 valence electrons. The third-order valence-corrected chi connectivity index (χ3v) is 3.33. The molecule has 0 bridgehead atoms. The third kappa shape index (κ3) is 3.32. The molecule has 5 nitrogen and oxygen atoms in total. The monoisotopic (exact) mass is 251 g/mol. The van der Waals surface area contributed by atoms with Crippen molar-refractivity contribution in [2.45, 2.75) is 39.7 Å². The minimum atomic E-state index is 0.176. The van der Waals surface area contributed by atoms with Crippen molar-refractivity contribution in [2.75, 3.05) is 19.6 Å². The van der Waals surface area contributed by atoms with E-state index in [1.165, 1.54) is 6.42 Å². The van der Waals surface area contributed by atoms with Crippen molar-refractivity contribution in [1.29, 1.82) is 0 Å². The van der Waals surface area contributed by atoms with Crippen molar-refractivity contribution < 1.29 is 9.21 Å². The summed E-state index contributed by atoms with van der Waals surface area (Å²) in [6.07, 6.45) is 3.50. The second-order valence-electron chi connectivity index (χ2n) is 4.79. The highest BCUT2D eigenvalue weighted by atomic mass is 16.4. The number of hydrogen-bond acceptors (Lipinski definition) is 4. The van der Waals surface area contributed by atoms with Crippen LogP contribution in [0.1, 0.15) is 36.6 Å². The van der Waals surface area contributed by atoms with Crippen molar-refractivity contribution in [3.8, 4) is 0 Å². The Labute approximate surface area is 108 Å². The zero-order valence-electron chi connectivity index (χ0n) is 11.2. The van der Waals surface area contributed by atoms with Crippen LogP contribution in [0.3, 0.4) is 0 Å². The van der Waals surface area contributed by atoms with Crippen LogP contribution >= 0.6 is 0 Å². The van der Waals surface area contributed by atoms with Crippen molar-refractivity contribution >= 4 is 5.91 Å². The Morgan fingerprint density at radius 1 is 1.33 bits per heavy atom. The summed E-state index contributed by atoms with van der Waals surface area (Å²) in [7, 11) is 0. The average molecular weight is 251 g/mol. The lowest BCUT2D eigenvalue weighted by Crippen LogP contribution is -2.40. The van der Waals surface area contributed by atoms with E-state index >= 15 is 0 Å². The van der Waals surface area contributed by atoms with Gasteiger partial charge in [-0.05, 0) is 33.1 Å². The highest BCUT2D eigenvalue weighted by Gasteiger charge is 2.16. The van der Waals surface area contributed by atoms with Crippen LogP contribution in [0.4, 0.5) is 0 Å². The van der Waals surface area contributed by atoms with Crippen LogP contribution in [0.5, 0.6) is 0 Å². The molecule has 18 heavy (non-hydrogen) atoms. The minimum Gasteiger partial charge on any atom is -0.444 e. The number of nitrogens with zero attached hydrogens (tertiary/aromatic N) is 2. The molecule has 2 rings (SSSR count). The van der Waals surface area contributed by atoms with E-state index in [9.17, 15) is 4.79 Å². The summed E-state index contributed by atoms with van der Waals surface area (Å²) >= 11 is 0. The number of aromatic nitrogens is 1. The Hall–Kier alpha value is -1.36. The summed E-state index contributed by atoms with van der Waals surface area (Å²) in [4.78, 5) is 18.1. The molecular formula is C13H21N3O2. The van der Waals surface area contributed by atoms with E-state index in [0.29, 0.717) is 19.0 Å². The van der Waals surface area contributed by atoms with E-state index in [-0.39, 0.29) is 5.91 Å². The second-order valence-corrected chi connectivity index (χ2v) is 4.79. The summed E-state index contributed by atoms with van der Waals surface area (Å²) in [5.74, 6) is 1.67. The van der Waals surface area contributed by atoms with Crippen molar-refractivity contribution in [3.63, 3.8) is 0 Å². The number of aryl methyl sites for hydroxylation is 2. The predicted molar refractivity (Wildman–Crippen MR) is 68.1 cm³/mol. The number of amides is 1. The third-order valence-electron chi connectivity index (χ3n) is 3.33. The first-order chi connectivity index (χ1) is 8.66. The molecule has 0 radical (unpaired) electrons. The Morgan fingerprint density at radius 3 is 2.67 bits per heavy atom.